The first kappa shape index (κ1) is 23.5. The van der Waals surface area contributed by atoms with Crippen LogP contribution in [-0.2, 0) is 25.5 Å². The second-order valence-electron chi connectivity index (χ2n) is 7.44. The molecule has 0 aliphatic heterocycles. The molecule has 1 saturated carbocycles. The average molecular weight is 436 g/mol. The highest BCUT2D eigenvalue weighted by molar-refractivity contribution is 6.30. The van der Waals surface area contributed by atoms with Crippen molar-refractivity contribution in [2.24, 2.45) is 0 Å². The van der Waals surface area contributed by atoms with Gasteiger partial charge in [-0.1, -0.05) is 11.6 Å². The molecule has 0 spiro atoms. The molecule has 2 rings (SSSR count). The SMILES string of the molecule is COC(=O)C1(NC(=O)Cc2c(C)cc(Cl)cc2C)CCC(OCC(F)(F)F)CC1. The third-order valence-electron chi connectivity index (χ3n) is 5.22. The van der Waals surface area contributed by atoms with Crippen LogP contribution in [0.15, 0.2) is 12.1 Å². The van der Waals surface area contributed by atoms with E-state index in [1.807, 2.05) is 13.8 Å². The third kappa shape index (κ3) is 6.34. The molecule has 1 amide bonds. The molecule has 1 aromatic rings. The molecular formula is C20H25ClF3NO4. The number of aryl methyl sites for hydroxylation is 2. The summed E-state index contributed by atoms with van der Waals surface area (Å²) in [6.45, 7) is 2.37. The number of hydrogen-bond donors (Lipinski definition) is 1. The fourth-order valence-corrected chi connectivity index (χ4v) is 4.06. The van der Waals surface area contributed by atoms with Gasteiger partial charge in [0.25, 0.3) is 0 Å². The molecule has 1 aliphatic rings. The Morgan fingerprint density at radius 3 is 2.24 bits per heavy atom. The minimum atomic E-state index is -4.40. The highest BCUT2D eigenvalue weighted by Crippen LogP contribution is 2.32. The predicted molar refractivity (Wildman–Crippen MR) is 102 cm³/mol. The number of ether oxygens (including phenoxy) is 2. The van der Waals surface area contributed by atoms with Gasteiger partial charge in [-0.25, -0.2) is 4.79 Å². The van der Waals surface area contributed by atoms with Crippen LogP contribution in [0.25, 0.3) is 0 Å². The minimum Gasteiger partial charge on any atom is -0.467 e. The van der Waals surface area contributed by atoms with Gasteiger partial charge in [-0.05, 0) is 68.4 Å². The average Bonchev–Trinajstić information content (AvgIpc) is 2.62. The maximum atomic E-state index is 12.7. The first-order valence-electron chi connectivity index (χ1n) is 9.29. The first-order chi connectivity index (χ1) is 13.5. The van der Waals surface area contributed by atoms with Gasteiger partial charge in [0.05, 0.1) is 19.6 Å². The molecular weight excluding hydrogens is 411 g/mol. The number of carbonyl (C=O) groups excluding carboxylic acids is 2. The van der Waals surface area contributed by atoms with Crippen LogP contribution in [-0.4, -0.2) is 43.4 Å². The van der Waals surface area contributed by atoms with Crippen LogP contribution in [0.3, 0.4) is 0 Å². The molecule has 1 N–H and O–H groups in total. The summed E-state index contributed by atoms with van der Waals surface area (Å²) in [5.74, 6) is -0.969. The zero-order valence-electron chi connectivity index (χ0n) is 16.6. The van der Waals surface area contributed by atoms with Crippen LogP contribution in [0.5, 0.6) is 0 Å². The highest BCUT2D eigenvalue weighted by atomic mass is 35.5. The van der Waals surface area contributed by atoms with Crippen molar-refractivity contribution in [1.82, 2.24) is 5.32 Å². The van der Waals surface area contributed by atoms with E-state index in [0.29, 0.717) is 5.02 Å². The number of halogens is 4. The molecule has 1 aromatic carbocycles. The summed E-state index contributed by atoms with van der Waals surface area (Å²) in [7, 11) is 1.22. The number of hydrogen-bond acceptors (Lipinski definition) is 4. The Hall–Kier alpha value is -1.80. The molecule has 1 fully saturated rings. The fourth-order valence-electron chi connectivity index (χ4n) is 3.73. The van der Waals surface area contributed by atoms with E-state index in [4.69, 9.17) is 21.1 Å². The summed E-state index contributed by atoms with van der Waals surface area (Å²) < 4.78 is 46.8. The van der Waals surface area contributed by atoms with E-state index in [9.17, 15) is 22.8 Å². The number of alkyl halides is 3. The van der Waals surface area contributed by atoms with Gasteiger partial charge in [0.15, 0.2) is 0 Å². The van der Waals surface area contributed by atoms with Gasteiger partial charge in [0.1, 0.15) is 12.1 Å². The lowest BCUT2D eigenvalue weighted by atomic mass is 9.80. The number of benzene rings is 1. The molecule has 1 aliphatic carbocycles. The van der Waals surface area contributed by atoms with Gasteiger partial charge < -0.3 is 14.8 Å². The molecule has 9 heteroatoms. The molecule has 0 atom stereocenters. The summed E-state index contributed by atoms with van der Waals surface area (Å²) in [5.41, 5.74) is 1.27. The Morgan fingerprint density at radius 1 is 1.21 bits per heavy atom. The number of carbonyl (C=O) groups is 2. The van der Waals surface area contributed by atoms with Gasteiger partial charge in [-0.15, -0.1) is 0 Å². The molecule has 29 heavy (non-hydrogen) atoms. The Labute approximate surface area is 172 Å². The van der Waals surface area contributed by atoms with E-state index in [2.05, 4.69) is 5.32 Å². The minimum absolute atomic E-state index is 0.0571. The van der Waals surface area contributed by atoms with Gasteiger partial charge in [0.2, 0.25) is 5.91 Å². The van der Waals surface area contributed by atoms with Gasteiger partial charge in [-0.3, -0.25) is 4.79 Å². The van der Waals surface area contributed by atoms with E-state index in [1.165, 1.54) is 7.11 Å². The van der Waals surface area contributed by atoms with Crippen LogP contribution in [0.4, 0.5) is 13.2 Å². The summed E-state index contributed by atoms with van der Waals surface area (Å²) in [5, 5.41) is 3.35. The second kappa shape index (κ2) is 9.34. The van der Waals surface area contributed by atoms with Gasteiger partial charge in [-0.2, -0.15) is 13.2 Å². The maximum Gasteiger partial charge on any atom is 0.411 e. The number of amides is 1. The number of esters is 1. The quantitative estimate of drug-likeness (QED) is 0.685. The van der Waals surface area contributed by atoms with Crippen molar-refractivity contribution in [2.45, 2.75) is 63.8 Å². The van der Waals surface area contributed by atoms with E-state index in [0.717, 1.165) is 16.7 Å². The molecule has 0 unspecified atom stereocenters. The number of rotatable bonds is 6. The van der Waals surface area contributed by atoms with Crippen molar-refractivity contribution in [1.29, 1.82) is 0 Å². The molecule has 0 aromatic heterocycles. The lowest BCUT2D eigenvalue weighted by molar-refractivity contribution is -0.190. The van der Waals surface area contributed by atoms with Crippen molar-refractivity contribution < 1.29 is 32.2 Å². The Morgan fingerprint density at radius 2 is 1.76 bits per heavy atom. The molecule has 0 bridgehead atoms. The molecule has 162 valence electrons. The fraction of sp³-hybridized carbons (Fsp3) is 0.600. The predicted octanol–water partition coefficient (Wildman–Crippen LogP) is 4.05. The first-order valence-corrected chi connectivity index (χ1v) is 9.67. The summed E-state index contributed by atoms with van der Waals surface area (Å²) in [6, 6.07) is 3.52. The van der Waals surface area contributed by atoms with E-state index in [-0.39, 0.29) is 38.0 Å². The largest absolute Gasteiger partial charge is 0.467 e. The lowest BCUT2D eigenvalue weighted by Gasteiger charge is -2.38. The van der Waals surface area contributed by atoms with Crippen molar-refractivity contribution in [3.05, 3.63) is 33.8 Å². The van der Waals surface area contributed by atoms with Crippen molar-refractivity contribution >= 4 is 23.5 Å². The van der Waals surface area contributed by atoms with Crippen molar-refractivity contribution in [3.8, 4) is 0 Å². The van der Waals surface area contributed by atoms with Crippen LogP contribution >= 0.6 is 11.6 Å². The summed E-state index contributed by atoms with van der Waals surface area (Å²) >= 11 is 6.02. The van der Waals surface area contributed by atoms with Gasteiger partial charge in [0, 0.05) is 5.02 Å². The summed E-state index contributed by atoms with van der Waals surface area (Å²) in [4.78, 5) is 25.1. The Balaban J connectivity index is 2.06. The zero-order chi connectivity index (χ0) is 21.8. The standard InChI is InChI=1S/C20H25ClF3NO4/c1-12-8-14(21)9-13(2)16(12)10-17(26)25-19(18(27)28-3)6-4-15(5-7-19)29-11-20(22,23)24/h8-9,15H,4-7,10-11H2,1-3H3,(H,25,26). The molecule has 0 saturated heterocycles. The number of nitrogens with one attached hydrogen (secondary N) is 1. The van der Waals surface area contributed by atoms with Crippen molar-refractivity contribution in [2.75, 3.05) is 13.7 Å². The van der Waals surface area contributed by atoms with E-state index >= 15 is 0 Å². The van der Waals surface area contributed by atoms with Crippen LogP contribution in [0, 0.1) is 13.8 Å². The van der Waals surface area contributed by atoms with Crippen LogP contribution in [0.2, 0.25) is 5.02 Å². The Kier molecular flexibility index (Phi) is 7.56. The van der Waals surface area contributed by atoms with E-state index in [1.54, 1.807) is 12.1 Å². The normalized spacial score (nSPS) is 22.2. The number of methoxy groups -OCH3 is 1. The topological polar surface area (TPSA) is 64.6 Å². The van der Waals surface area contributed by atoms with E-state index < -0.39 is 30.4 Å². The Bertz CT molecular complexity index is 736. The van der Waals surface area contributed by atoms with Crippen LogP contribution < -0.4 is 5.32 Å². The third-order valence-corrected chi connectivity index (χ3v) is 5.44. The van der Waals surface area contributed by atoms with Gasteiger partial charge >= 0.3 is 12.1 Å². The smallest absolute Gasteiger partial charge is 0.411 e. The zero-order valence-corrected chi connectivity index (χ0v) is 17.4. The summed E-state index contributed by atoms with van der Waals surface area (Å²) in [6.07, 6.45) is -4.25. The molecule has 5 nitrogen and oxygen atoms in total. The van der Waals surface area contributed by atoms with Crippen LogP contribution in [0.1, 0.15) is 42.4 Å². The monoisotopic (exact) mass is 435 g/mol. The maximum absolute atomic E-state index is 12.7. The second-order valence-corrected chi connectivity index (χ2v) is 7.88. The molecule has 0 radical (unpaired) electrons. The van der Waals surface area contributed by atoms with Crippen molar-refractivity contribution in [3.63, 3.8) is 0 Å². The molecule has 0 heterocycles. The lowest BCUT2D eigenvalue weighted by Crippen LogP contribution is -2.58. The highest BCUT2D eigenvalue weighted by Gasteiger charge is 2.45.